The Morgan fingerprint density at radius 3 is 2.79 bits per heavy atom. The zero-order valence-electron chi connectivity index (χ0n) is 18.5. The number of para-hydroxylation sites is 1. The third-order valence-corrected chi connectivity index (χ3v) is 6.94. The number of fused-ring (bicyclic) bond motifs is 1. The van der Waals surface area contributed by atoms with Crippen LogP contribution in [0.15, 0.2) is 60.1 Å². The second-order valence-corrected chi connectivity index (χ2v) is 9.22. The lowest BCUT2D eigenvalue weighted by atomic mass is 10.1. The van der Waals surface area contributed by atoms with E-state index in [1.807, 2.05) is 23.7 Å². The molecule has 33 heavy (non-hydrogen) atoms. The highest BCUT2D eigenvalue weighted by Crippen LogP contribution is 2.25. The third kappa shape index (κ3) is 5.50. The third-order valence-electron chi connectivity index (χ3n) is 6.00. The van der Waals surface area contributed by atoms with Gasteiger partial charge in [0.2, 0.25) is 5.91 Å². The van der Waals surface area contributed by atoms with Crippen molar-refractivity contribution in [1.29, 1.82) is 0 Å². The van der Waals surface area contributed by atoms with Crippen LogP contribution in [0.2, 0.25) is 0 Å². The van der Waals surface area contributed by atoms with Crippen molar-refractivity contribution in [3.8, 4) is 10.6 Å². The first-order valence-electron chi connectivity index (χ1n) is 11.4. The van der Waals surface area contributed by atoms with Gasteiger partial charge >= 0.3 is 0 Å². The van der Waals surface area contributed by atoms with E-state index in [9.17, 15) is 4.79 Å². The Morgan fingerprint density at radius 2 is 1.94 bits per heavy atom. The average Bonchev–Trinajstić information content (AvgIpc) is 3.48. The molecule has 1 aliphatic heterocycles. The SMILES string of the molecule is O=C(Cc1csc(-c2ccc(CN3CCOCC3)cc2)n1)NCCc1c[nH]c2ccccc12. The van der Waals surface area contributed by atoms with Gasteiger partial charge in [-0.3, -0.25) is 9.69 Å². The summed E-state index contributed by atoms with van der Waals surface area (Å²) in [6, 6.07) is 16.8. The number of rotatable bonds is 8. The van der Waals surface area contributed by atoms with E-state index in [1.165, 1.54) is 16.5 Å². The quantitative estimate of drug-likeness (QED) is 0.417. The summed E-state index contributed by atoms with van der Waals surface area (Å²) < 4.78 is 5.42. The molecule has 1 amide bonds. The van der Waals surface area contributed by atoms with E-state index >= 15 is 0 Å². The predicted molar refractivity (Wildman–Crippen MR) is 132 cm³/mol. The minimum Gasteiger partial charge on any atom is -0.379 e. The summed E-state index contributed by atoms with van der Waals surface area (Å²) in [6.07, 6.45) is 3.13. The number of morpholine rings is 1. The van der Waals surface area contributed by atoms with Gasteiger partial charge in [-0.15, -0.1) is 11.3 Å². The lowest BCUT2D eigenvalue weighted by Gasteiger charge is -2.26. The van der Waals surface area contributed by atoms with Crippen molar-refractivity contribution in [3.05, 3.63) is 76.9 Å². The number of thiazole rings is 1. The molecule has 2 aromatic carbocycles. The molecule has 0 radical (unpaired) electrons. The Balaban J connectivity index is 1.11. The zero-order valence-corrected chi connectivity index (χ0v) is 19.4. The number of ether oxygens (including phenoxy) is 1. The molecule has 1 fully saturated rings. The maximum absolute atomic E-state index is 12.4. The summed E-state index contributed by atoms with van der Waals surface area (Å²) in [7, 11) is 0. The van der Waals surface area contributed by atoms with Crippen molar-refractivity contribution in [2.24, 2.45) is 0 Å². The highest BCUT2D eigenvalue weighted by atomic mass is 32.1. The van der Waals surface area contributed by atoms with Crippen molar-refractivity contribution in [3.63, 3.8) is 0 Å². The van der Waals surface area contributed by atoms with Crippen LogP contribution in [0.4, 0.5) is 0 Å². The number of hydrogen-bond acceptors (Lipinski definition) is 5. The normalized spacial score (nSPS) is 14.5. The fourth-order valence-electron chi connectivity index (χ4n) is 4.19. The molecule has 2 aromatic heterocycles. The van der Waals surface area contributed by atoms with Gasteiger partial charge in [0.15, 0.2) is 0 Å². The van der Waals surface area contributed by atoms with Gasteiger partial charge in [0.1, 0.15) is 5.01 Å². The number of carbonyl (C=O) groups excluding carboxylic acids is 1. The number of aromatic amines is 1. The highest BCUT2D eigenvalue weighted by molar-refractivity contribution is 7.13. The standard InChI is InChI=1S/C26H28N4O2S/c31-25(27-10-9-21-16-28-24-4-2-1-3-23(21)24)15-22-18-33-26(29-22)20-7-5-19(6-8-20)17-30-11-13-32-14-12-30/h1-8,16,18,28H,9-15,17H2,(H,27,31). The van der Waals surface area contributed by atoms with Crippen molar-refractivity contribution >= 4 is 28.1 Å². The second kappa shape index (κ2) is 10.3. The summed E-state index contributed by atoms with van der Waals surface area (Å²) in [6.45, 7) is 5.17. The van der Waals surface area contributed by atoms with Gasteiger partial charge in [-0.05, 0) is 23.6 Å². The molecule has 0 spiro atoms. The number of carbonyl (C=O) groups is 1. The Hall–Kier alpha value is -3.00. The van der Waals surface area contributed by atoms with E-state index < -0.39 is 0 Å². The fourth-order valence-corrected chi connectivity index (χ4v) is 5.02. The first-order valence-corrected chi connectivity index (χ1v) is 12.3. The van der Waals surface area contributed by atoms with Gasteiger partial charge in [0, 0.05) is 54.2 Å². The van der Waals surface area contributed by atoms with Gasteiger partial charge in [0.05, 0.1) is 25.3 Å². The smallest absolute Gasteiger partial charge is 0.226 e. The van der Waals surface area contributed by atoms with Crippen LogP contribution in [0.3, 0.4) is 0 Å². The Morgan fingerprint density at radius 1 is 1.12 bits per heavy atom. The van der Waals surface area contributed by atoms with Gasteiger partial charge in [-0.1, -0.05) is 42.5 Å². The number of amides is 1. The molecule has 170 valence electrons. The molecule has 1 aliphatic rings. The average molecular weight is 461 g/mol. The lowest BCUT2D eigenvalue weighted by Crippen LogP contribution is -2.35. The zero-order chi connectivity index (χ0) is 22.5. The Bertz CT molecular complexity index is 1210. The fraction of sp³-hybridized carbons (Fsp3) is 0.308. The van der Waals surface area contributed by atoms with E-state index in [1.54, 1.807) is 11.3 Å². The van der Waals surface area contributed by atoms with Crippen molar-refractivity contribution in [2.75, 3.05) is 32.8 Å². The molecule has 2 N–H and O–H groups in total. The largest absolute Gasteiger partial charge is 0.379 e. The first kappa shape index (κ1) is 21.8. The van der Waals surface area contributed by atoms with Crippen molar-refractivity contribution < 1.29 is 9.53 Å². The molecule has 0 unspecified atom stereocenters. The van der Waals surface area contributed by atoms with E-state index in [0.29, 0.717) is 13.0 Å². The molecule has 0 aliphatic carbocycles. The summed E-state index contributed by atoms with van der Waals surface area (Å²) in [5, 5.41) is 7.18. The Kier molecular flexibility index (Phi) is 6.81. The monoisotopic (exact) mass is 460 g/mol. The maximum atomic E-state index is 12.4. The highest BCUT2D eigenvalue weighted by Gasteiger charge is 2.12. The van der Waals surface area contributed by atoms with Gasteiger partial charge in [-0.2, -0.15) is 0 Å². The molecule has 4 aromatic rings. The number of benzene rings is 2. The molecule has 6 nitrogen and oxygen atoms in total. The lowest BCUT2D eigenvalue weighted by molar-refractivity contribution is -0.120. The molecule has 0 atom stereocenters. The van der Waals surface area contributed by atoms with E-state index in [0.717, 1.165) is 61.1 Å². The number of nitrogens with one attached hydrogen (secondary N) is 2. The molecule has 1 saturated heterocycles. The minimum absolute atomic E-state index is 0.00699. The van der Waals surface area contributed by atoms with Gasteiger partial charge in [-0.25, -0.2) is 4.98 Å². The predicted octanol–water partition coefficient (Wildman–Crippen LogP) is 4.03. The van der Waals surface area contributed by atoms with Crippen LogP contribution in [0.25, 0.3) is 21.5 Å². The number of nitrogens with zero attached hydrogens (tertiary/aromatic N) is 2. The molecule has 0 bridgehead atoms. The van der Waals surface area contributed by atoms with Crippen molar-refractivity contribution in [2.45, 2.75) is 19.4 Å². The Labute approximate surface area is 197 Å². The number of hydrogen-bond donors (Lipinski definition) is 2. The summed E-state index contributed by atoms with van der Waals surface area (Å²) in [5.41, 5.74) is 5.56. The van der Waals surface area contributed by atoms with Crippen molar-refractivity contribution in [1.82, 2.24) is 20.2 Å². The van der Waals surface area contributed by atoms with Crippen LogP contribution in [0.1, 0.15) is 16.8 Å². The molecule has 3 heterocycles. The molecule has 0 saturated carbocycles. The van der Waals surface area contributed by atoms with Crippen LogP contribution in [-0.4, -0.2) is 53.6 Å². The molecule has 5 rings (SSSR count). The van der Waals surface area contributed by atoms with Crippen LogP contribution in [-0.2, 0) is 28.9 Å². The molecule has 7 heteroatoms. The summed E-state index contributed by atoms with van der Waals surface area (Å²) in [4.78, 5) is 22.8. The van der Waals surface area contributed by atoms with Crippen LogP contribution >= 0.6 is 11.3 Å². The maximum Gasteiger partial charge on any atom is 0.226 e. The van der Waals surface area contributed by atoms with Crippen LogP contribution < -0.4 is 5.32 Å². The van der Waals surface area contributed by atoms with Gasteiger partial charge in [0.25, 0.3) is 0 Å². The van der Waals surface area contributed by atoms with E-state index in [4.69, 9.17) is 9.72 Å². The van der Waals surface area contributed by atoms with E-state index in [2.05, 4.69) is 51.6 Å². The number of aromatic nitrogens is 2. The van der Waals surface area contributed by atoms with E-state index in [-0.39, 0.29) is 5.91 Å². The molecular formula is C26H28N4O2S. The van der Waals surface area contributed by atoms with Crippen LogP contribution in [0, 0.1) is 0 Å². The summed E-state index contributed by atoms with van der Waals surface area (Å²) >= 11 is 1.59. The first-order chi connectivity index (χ1) is 16.2. The second-order valence-electron chi connectivity index (χ2n) is 8.37. The van der Waals surface area contributed by atoms with Gasteiger partial charge < -0.3 is 15.0 Å². The van der Waals surface area contributed by atoms with Crippen LogP contribution in [0.5, 0.6) is 0 Å². The number of H-pyrrole nitrogens is 1. The topological polar surface area (TPSA) is 70.2 Å². The summed E-state index contributed by atoms with van der Waals surface area (Å²) in [5.74, 6) is 0.00699. The molecular weight excluding hydrogens is 432 g/mol. The minimum atomic E-state index is 0.00699.